The van der Waals surface area contributed by atoms with Crippen LogP contribution in [0, 0.1) is 0 Å². The molecule has 0 radical (unpaired) electrons. The van der Waals surface area contributed by atoms with Crippen LogP contribution in [0.3, 0.4) is 0 Å². The normalized spacial score (nSPS) is 15.9. The first-order valence-electron chi connectivity index (χ1n) is 12.0. The number of benzene rings is 2. The lowest BCUT2D eigenvalue weighted by molar-refractivity contribution is 0.112. The van der Waals surface area contributed by atoms with Crippen molar-refractivity contribution in [2.24, 2.45) is 0 Å². The van der Waals surface area contributed by atoms with E-state index in [1.807, 2.05) is 0 Å². The molecule has 1 N–H and O–H groups in total. The lowest BCUT2D eigenvalue weighted by Gasteiger charge is -2.10. The molecule has 0 aliphatic carbocycles. The van der Waals surface area contributed by atoms with E-state index < -0.39 is 0 Å². The van der Waals surface area contributed by atoms with Gasteiger partial charge in [0, 0.05) is 12.6 Å². The van der Waals surface area contributed by atoms with Crippen molar-refractivity contribution < 1.29 is 4.74 Å². The minimum absolute atomic E-state index is 0. The number of halogens is 1. The molecule has 3 heteroatoms. The van der Waals surface area contributed by atoms with Gasteiger partial charge in [-0.3, -0.25) is 0 Å². The zero-order valence-electron chi connectivity index (χ0n) is 18.9. The van der Waals surface area contributed by atoms with Crippen molar-refractivity contribution in [3.8, 4) is 11.1 Å². The third-order valence-corrected chi connectivity index (χ3v) is 5.97. The molecule has 0 unspecified atom stereocenters. The number of unbranched alkanes of at least 4 members (excludes halogenated alkanes) is 7. The molecular formula is C28H40ClNO. The van der Waals surface area contributed by atoms with Crippen LogP contribution in [0.2, 0.25) is 0 Å². The zero-order chi connectivity index (χ0) is 20.7. The second-order valence-electron chi connectivity index (χ2n) is 8.52. The molecule has 0 spiro atoms. The molecule has 3 rings (SSSR count). The lowest BCUT2D eigenvalue weighted by Crippen LogP contribution is -2.26. The fourth-order valence-corrected chi connectivity index (χ4v) is 4.11. The van der Waals surface area contributed by atoms with Crippen molar-refractivity contribution in [2.75, 3.05) is 19.8 Å². The average Bonchev–Trinajstić information content (AvgIpc) is 3.31. The number of ether oxygens (including phenoxy) is 1. The summed E-state index contributed by atoms with van der Waals surface area (Å²) in [5, 5.41) is 3.48. The van der Waals surface area contributed by atoms with Crippen molar-refractivity contribution in [1.82, 2.24) is 5.32 Å². The van der Waals surface area contributed by atoms with Gasteiger partial charge in [-0.25, -0.2) is 0 Å². The van der Waals surface area contributed by atoms with Gasteiger partial charge in [0.15, 0.2) is 0 Å². The molecule has 1 saturated heterocycles. The molecule has 0 saturated carbocycles. The van der Waals surface area contributed by atoms with E-state index in [4.69, 9.17) is 4.74 Å². The Bertz CT molecular complexity index is 708. The molecule has 31 heavy (non-hydrogen) atoms. The Morgan fingerprint density at radius 3 is 2.19 bits per heavy atom. The van der Waals surface area contributed by atoms with Crippen LogP contribution in [0.15, 0.2) is 60.7 Å². The van der Waals surface area contributed by atoms with Crippen molar-refractivity contribution in [2.45, 2.75) is 70.3 Å². The Morgan fingerprint density at radius 2 is 1.48 bits per heavy atom. The third kappa shape index (κ3) is 10.5. The summed E-state index contributed by atoms with van der Waals surface area (Å²) in [5.41, 5.74) is 3.85. The Balaban J connectivity index is 0.00000341. The first-order valence-corrected chi connectivity index (χ1v) is 12.0. The molecule has 0 aromatic heterocycles. The molecule has 1 fully saturated rings. The van der Waals surface area contributed by atoms with Gasteiger partial charge in [0.25, 0.3) is 0 Å². The van der Waals surface area contributed by atoms with E-state index in [1.165, 1.54) is 87.4 Å². The van der Waals surface area contributed by atoms with Gasteiger partial charge in [-0.05, 0) is 55.3 Å². The largest absolute Gasteiger partial charge is 0.380 e. The summed E-state index contributed by atoms with van der Waals surface area (Å²) in [4.78, 5) is 0. The molecule has 1 aliphatic heterocycles. The Hall–Kier alpha value is -1.61. The molecule has 0 amide bonds. The highest BCUT2D eigenvalue weighted by molar-refractivity contribution is 5.85. The van der Waals surface area contributed by atoms with Crippen molar-refractivity contribution in [1.29, 1.82) is 0 Å². The van der Waals surface area contributed by atoms with E-state index >= 15 is 0 Å². The molecule has 1 aliphatic rings. The van der Waals surface area contributed by atoms with E-state index in [9.17, 15) is 0 Å². The fraction of sp³-hybridized carbons (Fsp3) is 0.500. The standard InChI is InChI=1S/C28H39NO.ClH/c1(3-5-7-12-23-30-24-28-17-13-22-29-28)2-4-6-9-14-25-18-20-27(21-19-25)26-15-10-8-11-16-26;/h8-11,14-16,18-21,28-29H,1-7,12-13,17,22-24H2;1H/b14-9+;/t28-;/m0./s1. The maximum atomic E-state index is 5.78. The van der Waals surface area contributed by atoms with Gasteiger partial charge in [0.2, 0.25) is 0 Å². The van der Waals surface area contributed by atoms with Crippen molar-refractivity contribution >= 4 is 18.5 Å². The van der Waals surface area contributed by atoms with Crippen LogP contribution in [-0.4, -0.2) is 25.8 Å². The second-order valence-corrected chi connectivity index (χ2v) is 8.52. The van der Waals surface area contributed by atoms with Crippen LogP contribution >= 0.6 is 12.4 Å². The molecule has 0 bridgehead atoms. The average molecular weight is 442 g/mol. The lowest BCUT2D eigenvalue weighted by atomic mass is 10.0. The fourth-order valence-electron chi connectivity index (χ4n) is 4.11. The van der Waals surface area contributed by atoms with Gasteiger partial charge in [-0.15, -0.1) is 12.4 Å². The van der Waals surface area contributed by atoms with Crippen LogP contribution < -0.4 is 5.32 Å². The predicted molar refractivity (Wildman–Crippen MR) is 137 cm³/mol. The first kappa shape index (κ1) is 25.6. The highest BCUT2D eigenvalue weighted by Crippen LogP contribution is 2.20. The molecule has 2 aromatic carbocycles. The van der Waals surface area contributed by atoms with Crippen molar-refractivity contribution in [3.05, 3.63) is 66.2 Å². The number of rotatable bonds is 14. The van der Waals surface area contributed by atoms with Crippen LogP contribution in [0.4, 0.5) is 0 Å². The smallest absolute Gasteiger partial charge is 0.0619 e. The Labute approximate surface area is 195 Å². The van der Waals surface area contributed by atoms with Crippen LogP contribution in [-0.2, 0) is 4.74 Å². The maximum absolute atomic E-state index is 5.78. The van der Waals surface area contributed by atoms with E-state index in [-0.39, 0.29) is 12.4 Å². The summed E-state index contributed by atoms with van der Waals surface area (Å²) in [5.74, 6) is 0. The summed E-state index contributed by atoms with van der Waals surface area (Å²) < 4.78 is 5.78. The third-order valence-electron chi connectivity index (χ3n) is 5.97. The zero-order valence-corrected chi connectivity index (χ0v) is 19.8. The van der Waals surface area contributed by atoms with Gasteiger partial charge >= 0.3 is 0 Å². The summed E-state index contributed by atoms with van der Waals surface area (Å²) >= 11 is 0. The van der Waals surface area contributed by atoms with Gasteiger partial charge in [-0.2, -0.15) is 0 Å². The van der Waals surface area contributed by atoms with Crippen LogP contribution in [0.1, 0.15) is 69.8 Å². The monoisotopic (exact) mass is 441 g/mol. The number of allylic oxidation sites excluding steroid dienone is 1. The van der Waals surface area contributed by atoms with Gasteiger partial charge in [0.1, 0.15) is 0 Å². The summed E-state index contributed by atoms with van der Waals surface area (Å²) in [6.45, 7) is 3.02. The maximum Gasteiger partial charge on any atom is 0.0619 e. The van der Waals surface area contributed by atoms with E-state index in [0.29, 0.717) is 6.04 Å². The predicted octanol–water partition coefficient (Wildman–Crippen LogP) is 7.68. The minimum Gasteiger partial charge on any atom is -0.380 e. The van der Waals surface area contributed by atoms with Gasteiger partial charge < -0.3 is 10.1 Å². The molecule has 170 valence electrons. The van der Waals surface area contributed by atoms with Gasteiger partial charge in [-0.1, -0.05) is 98.9 Å². The number of hydrogen-bond acceptors (Lipinski definition) is 2. The second kappa shape index (κ2) is 16.1. The summed E-state index contributed by atoms with van der Waals surface area (Å²) in [6.07, 6.45) is 17.7. The molecule has 2 aromatic rings. The van der Waals surface area contributed by atoms with E-state index in [2.05, 4.69) is 72.1 Å². The van der Waals surface area contributed by atoms with Crippen LogP contribution in [0.25, 0.3) is 17.2 Å². The number of hydrogen-bond donors (Lipinski definition) is 1. The molecule has 2 nitrogen and oxygen atoms in total. The summed E-state index contributed by atoms with van der Waals surface area (Å²) in [7, 11) is 0. The topological polar surface area (TPSA) is 21.3 Å². The van der Waals surface area contributed by atoms with Crippen molar-refractivity contribution in [3.63, 3.8) is 0 Å². The molecule has 1 atom stereocenters. The van der Waals surface area contributed by atoms with E-state index in [1.54, 1.807) is 0 Å². The molecule has 1 heterocycles. The first-order chi connectivity index (χ1) is 14.9. The highest BCUT2D eigenvalue weighted by atomic mass is 35.5. The molecular weight excluding hydrogens is 402 g/mol. The summed E-state index contributed by atoms with van der Waals surface area (Å²) in [6, 6.07) is 20.0. The van der Waals surface area contributed by atoms with Crippen LogP contribution in [0.5, 0.6) is 0 Å². The quantitative estimate of drug-likeness (QED) is 0.303. The highest BCUT2D eigenvalue weighted by Gasteiger charge is 2.13. The SMILES string of the molecule is C(=C\c1ccc(-c2ccccc2)cc1)/CCCCCCCCCOC[C@@H]1CCCN1.Cl. The Kier molecular flexibility index (Phi) is 13.3. The minimum atomic E-state index is 0. The number of nitrogens with one attached hydrogen (secondary N) is 1. The van der Waals surface area contributed by atoms with E-state index in [0.717, 1.165) is 13.2 Å². The Morgan fingerprint density at radius 1 is 0.806 bits per heavy atom. The van der Waals surface area contributed by atoms with Gasteiger partial charge in [0.05, 0.1) is 6.61 Å².